The third kappa shape index (κ3) is 5.80. The molecule has 1 saturated heterocycles. The SMILES string of the molecule is CCN(CC(=O)O)C1CC(NC(=O)N2CCN(CC(=O)NC3CC3)CC2)C1. The Morgan fingerprint density at radius 3 is 2.26 bits per heavy atom. The number of hydrogen-bond donors (Lipinski definition) is 3. The van der Waals surface area contributed by atoms with Gasteiger partial charge in [-0.15, -0.1) is 0 Å². The lowest BCUT2D eigenvalue weighted by atomic mass is 9.85. The summed E-state index contributed by atoms with van der Waals surface area (Å²) in [5, 5.41) is 15.0. The summed E-state index contributed by atoms with van der Waals surface area (Å²) >= 11 is 0. The number of nitrogens with zero attached hydrogens (tertiary/aromatic N) is 3. The van der Waals surface area contributed by atoms with E-state index >= 15 is 0 Å². The van der Waals surface area contributed by atoms with Gasteiger partial charge >= 0.3 is 12.0 Å². The van der Waals surface area contributed by atoms with Gasteiger partial charge in [-0.05, 0) is 32.2 Å². The molecule has 1 heterocycles. The Morgan fingerprint density at radius 1 is 1.04 bits per heavy atom. The van der Waals surface area contributed by atoms with Crippen LogP contribution < -0.4 is 10.6 Å². The zero-order valence-electron chi connectivity index (χ0n) is 16.0. The lowest BCUT2D eigenvalue weighted by molar-refractivity contribution is -0.139. The maximum absolute atomic E-state index is 12.4. The van der Waals surface area contributed by atoms with Crippen LogP contribution in [-0.2, 0) is 9.59 Å². The van der Waals surface area contributed by atoms with Crippen LogP contribution in [0.2, 0.25) is 0 Å². The van der Waals surface area contributed by atoms with Gasteiger partial charge in [0, 0.05) is 44.3 Å². The Bertz CT molecular complexity index is 554. The number of carbonyl (C=O) groups excluding carboxylic acids is 2. The first kappa shape index (κ1) is 19.9. The average molecular weight is 381 g/mol. The number of amides is 3. The van der Waals surface area contributed by atoms with Gasteiger partial charge in [-0.2, -0.15) is 0 Å². The van der Waals surface area contributed by atoms with Gasteiger partial charge in [-0.3, -0.25) is 19.4 Å². The molecule has 3 fully saturated rings. The monoisotopic (exact) mass is 381 g/mol. The van der Waals surface area contributed by atoms with Crippen LogP contribution in [0.4, 0.5) is 4.79 Å². The third-order valence-electron chi connectivity index (χ3n) is 5.67. The maximum Gasteiger partial charge on any atom is 0.317 e. The molecule has 0 aromatic heterocycles. The molecule has 0 spiro atoms. The zero-order chi connectivity index (χ0) is 19.4. The van der Waals surface area contributed by atoms with Crippen LogP contribution in [0.25, 0.3) is 0 Å². The third-order valence-corrected chi connectivity index (χ3v) is 5.67. The topological polar surface area (TPSA) is 105 Å². The maximum atomic E-state index is 12.4. The molecule has 9 heteroatoms. The van der Waals surface area contributed by atoms with Gasteiger partial charge in [0.15, 0.2) is 0 Å². The quantitative estimate of drug-likeness (QED) is 0.525. The molecule has 3 rings (SSSR count). The van der Waals surface area contributed by atoms with Crippen LogP contribution in [-0.4, -0.2) is 102 Å². The number of aliphatic carboxylic acids is 1. The molecule has 0 atom stereocenters. The van der Waals surface area contributed by atoms with Crippen molar-refractivity contribution >= 4 is 17.9 Å². The molecule has 0 aromatic carbocycles. The number of piperazine rings is 1. The van der Waals surface area contributed by atoms with Crippen molar-refractivity contribution in [1.29, 1.82) is 0 Å². The summed E-state index contributed by atoms with van der Waals surface area (Å²) < 4.78 is 0. The highest BCUT2D eigenvalue weighted by molar-refractivity contribution is 5.79. The van der Waals surface area contributed by atoms with Crippen molar-refractivity contribution in [2.24, 2.45) is 0 Å². The van der Waals surface area contributed by atoms with E-state index in [9.17, 15) is 14.4 Å². The lowest BCUT2D eigenvalue weighted by Gasteiger charge is -2.43. The zero-order valence-corrected chi connectivity index (χ0v) is 16.0. The highest BCUT2D eigenvalue weighted by Gasteiger charge is 2.35. The van der Waals surface area contributed by atoms with E-state index in [2.05, 4.69) is 15.5 Å². The first-order valence-corrected chi connectivity index (χ1v) is 9.97. The second-order valence-electron chi connectivity index (χ2n) is 7.83. The second kappa shape index (κ2) is 8.88. The molecule has 3 aliphatic rings. The lowest BCUT2D eigenvalue weighted by Crippen LogP contribution is -2.59. The van der Waals surface area contributed by atoms with E-state index in [0.717, 1.165) is 25.7 Å². The Labute approximate surface area is 160 Å². The molecule has 27 heavy (non-hydrogen) atoms. The summed E-state index contributed by atoms with van der Waals surface area (Å²) in [5.41, 5.74) is 0. The fourth-order valence-corrected chi connectivity index (χ4v) is 3.76. The Hall–Kier alpha value is -1.87. The molecule has 1 aliphatic heterocycles. The van der Waals surface area contributed by atoms with Gasteiger partial charge in [0.1, 0.15) is 0 Å². The summed E-state index contributed by atoms with van der Waals surface area (Å²) in [6.45, 7) is 5.79. The van der Waals surface area contributed by atoms with E-state index < -0.39 is 5.97 Å². The van der Waals surface area contributed by atoms with E-state index in [1.165, 1.54) is 0 Å². The molecule has 2 saturated carbocycles. The normalized spacial score (nSPS) is 25.8. The molecule has 152 valence electrons. The molecule has 9 nitrogen and oxygen atoms in total. The highest BCUT2D eigenvalue weighted by atomic mass is 16.4. The molecule has 0 radical (unpaired) electrons. The van der Waals surface area contributed by atoms with E-state index in [-0.39, 0.29) is 30.6 Å². The van der Waals surface area contributed by atoms with Crippen LogP contribution in [0.15, 0.2) is 0 Å². The smallest absolute Gasteiger partial charge is 0.317 e. The predicted octanol–water partition coefficient (Wildman–Crippen LogP) is -0.470. The van der Waals surface area contributed by atoms with Gasteiger partial charge in [-0.1, -0.05) is 6.92 Å². The Balaban J connectivity index is 1.32. The summed E-state index contributed by atoms with van der Waals surface area (Å²) in [6.07, 6.45) is 3.78. The van der Waals surface area contributed by atoms with Crippen LogP contribution in [0.3, 0.4) is 0 Å². The average Bonchev–Trinajstić information content (AvgIpc) is 3.40. The number of hydrogen-bond acceptors (Lipinski definition) is 5. The van der Waals surface area contributed by atoms with Gasteiger partial charge in [-0.25, -0.2) is 4.79 Å². The summed E-state index contributed by atoms with van der Waals surface area (Å²) in [5.74, 6) is -0.731. The van der Waals surface area contributed by atoms with Gasteiger partial charge in [0.25, 0.3) is 0 Å². The van der Waals surface area contributed by atoms with Crippen LogP contribution in [0.5, 0.6) is 0 Å². The summed E-state index contributed by atoms with van der Waals surface area (Å²) in [7, 11) is 0. The Morgan fingerprint density at radius 2 is 1.70 bits per heavy atom. The van der Waals surface area contributed by atoms with Crippen molar-refractivity contribution in [3.8, 4) is 0 Å². The fraction of sp³-hybridized carbons (Fsp3) is 0.833. The van der Waals surface area contributed by atoms with Crippen LogP contribution in [0.1, 0.15) is 32.6 Å². The van der Waals surface area contributed by atoms with Crippen LogP contribution >= 0.6 is 0 Å². The molecule has 3 amide bonds. The second-order valence-corrected chi connectivity index (χ2v) is 7.83. The first-order valence-electron chi connectivity index (χ1n) is 9.97. The van der Waals surface area contributed by atoms with Gasteiger partial charge in [0.05, 0.1) is 13.1 Å². The van der Waals surface area contributed by atoms with Crippen molar-refractivity contribution in [2.45, 2.75) is 50.7 Å². The number of nitrogens with one attached hydrogen (secondary N) is 2. The molecule has 0 aromatic rings. The van der Waals surface area contributed by atoms with E-state index in [0.29, 0.717) is 45.3 Å². The minimum absolute atomic E-state index is 0.0537. The van der Waals surface area contributed by atoms with E-state index in [1.54, 1.807) is 4.90 Å². The van der Waals surface area contributed by atoms with Crippen LogP contribution in [0, 0.1) is 0 Å². The predicted molar refractivity (Wildman–Crippen MR) is 99.4 cm³/mol. The van der Waals surface area contributed by atoms with Crippen molar-refractivity contribution in [3.63, 3.8) is 0 Å². The van der Waals surface area contributed by atoms with Gasteiger partial charge in [0.2, 0.25) is 5.91 Å². The van der Waals surface area contributed by atoms with Crippen molar-refractivity contribution < 1.29 is 19.5 Å². The molecule has 3 N–H and O–H groups in total. The largest absolute Gasteiger partial charge is 0.480 e. The van der Waals surface area contributed by atoms with Gasteiger partial charge < -0.3 is 20.6 Å². The number of rotatable bonds is 8. The summed E-state index contributed by atoms with van der Waals surface area (Å²) in [6, 6.07) is 0.683. The number of carbonyl (C=O) groups is 3. The van der Waals surface area contributed by atoms with Crippen molar-refractivity contribution in [2.75, 3.05) is 45.8 Å². The summed E-state index contributed by atoms with van der Waals surface area (Å²) in [4.78, 5) is 41.0. The number of carboxylic acid groups (broad SMARTS) is 1. The fourth-order valence-electron chi connectivity index (χ4n) is 3.76. The van der Waals surface area contributed by atoms with Crippen molar-refractivity contribution in [1.82, 2.24) is 25.3 Å². The molecule has 0 bridgehead atoms. The first-order chi connectivity index (χ1) is 12.9. The molecule has 0 unspecified atom stereocenters. The minimum atomic E-state index is -0.812. The minimum Gasteiger partial charge on any atom is -0.480 e. The standard InChI is InChI=1S/C18H31N5O4/c1-2-22(12-17(25)26)15-9-14(10-15)20-18(27)23-7-5-21(6-8-23)11-16(24)19-13-3-4-13/h13-15H,2-12H2,1H3,(H,19,24)(H,20,27)(H,25,26). The van der Waals surface area contributed by atoms with Crippen molar-refractivity contribution in [3.05, 3.63) is 0 Å². The molecular weight excluding hydrogens is 350 g/mol. The van der Waals surface area contributed by atoms with E-state index in [4.69, 9.17) is 5.11 Å². The Kier molecular flexibility index (Phi) is 6.54. The number of carboxylic acids is 1. The number of likely N-dealkylation sites (N-methyl/N-ethyl adjacent to an activating group) is 1. The molecule has 2 aliphatic carbocycles. The number of urea groups is 1. The van der Waals surface area contributed by atoms with E-state index in [1.807, 2.05) is 11.8 Å². The highest BCUT2D eigenvalue weighted by Crippen LogP contribution is 2.25. The molecular formula is C18H31N5O4.